The number of aromatic nitrogens is 1. The Morgan fingerprint density at radius 2 is 1.95 bits per heavy atom. The monoisotopic (exact) mass is 307 g/mol. The molecule has 0 N–H and O–H groups in total. The van der Waals surface area contributed by atoms with Crippen molar-refractivity contribution >= 4 is 27.8 Å². The molecule has 4 rings (SSSR count). The highest BCUT2D eigenvalue weighted by molar-refractivity contribution is 7.16. The summed E-state index contributed by atoms with van der Waals surface area (Å²) >= 11 is 1.66. The van der Waals surface area contributed by atoms with Crippen LogP contribution in [-0.4, -0.2) is 10.8 Å². The second-order valence-electron chi connectivity index (χ2n) is 5.64. The van der Waals surface area contributed by atoms with Crippen LogP contribution in [0.1, 0.15) is 23.1 Å². The third-order valence-electron chi connectivity index (χ3n) is 4.19. The quantitative estimate of drug-likeness (QED) is 0.511. The third-order valence-corrected chi connectivity index (χ3v) is 5.29. The van der Waals surface area contributed by atoms with Gasteiger partial charge in [0.25, 0.3) is 0 Å². The molecule has 2 aromatic carbocycles. The summed E-state index contributed by atoms with van der Waals surface area (Å²) in [6.07, 6.45) is 5.54. The first-order chi connectivity index (χ1) is 10.8. The first-order valence-electron chi connectivity index (χ1n) is 7.55. The Morgan fingerprint density at radius 1 is 1.09 bits per heavy atom. The molecule has 3 nitrogen and oxygen atoms in total. The van der Waals surface area contributed by atoms with Crippen LogP contribution in [0.3, 0.4) is 0 Å². The number of hydrogen-bond donors (Lipinski definition) is 0. The fourth-order valence-corrected chi connectivity index (χ4v) is 3.97. The zero-order valence-corrected chi connectivity index (χ0v) is 13.3. The van der Waals surface area contributed by atoms with Crippen molar-refractivity contribution in [2.24, 2.45) is 17.3 Å². The number of para-hydroxylation sites is 1. The third kappa shape index (κ3) is 2.40. The zero-order chi connectivity index (χ0) is 14.9. The van der Waals surface area contributed by atoms with Gasteiger partial charge in [-0.1, -0.05) is 35.6 Å². The summed E-state index contributed by atoms with van der Waals surface area (Å²) in [5, 5.41) is 8.67. The summed E-state index contributed by atoms with van der Waals surface area (Å²) in [7, 11) is 2.03. The maximum Gasteiger partial charge on any atom is 0.211 e. The van der Waals surface area contributed by atoms with Crippen LogP contribution < -0.4 is 4.80 Å². The van der Waals surface area contributed by atoms with Gasteiger partial charge < -0.3 is 4.57 Å². The number of aryl methyl sites for hydroxylation is 3. The lowest BCUT2D eigenvalue weighted by atomic mass is 10.1. The maximum atomic E-state index is 4.38. The molecule has 0 radical (unpaired) electrons. The molecule has 0 spiro atoms. The van der Waals surface area contributed by atoms with Gasteiger partial charge in [-0.15, -0.1) is 5.10 Å². The van der Waals surface area contributed by atoms with Crippen LogP contribution in [-0.2, 0) is 19.9 Å². The van der Waals surface area contributed by atoms with Crippen LogP contribution in [0, 0.1) is 0 Å². The molecule has 3 aromatic rings. The fourth-order valence-electron chi connectivity index (χ4n) is 2.99. The predicted octanol–water partition coefficient (Wildman–Crippen LogP) is 3.66. The molecule has 1 aliphatic carbocycles. The van der Waals surface area contributed by atoms with Crippen molar-refractivity contribution < 1.29 is 0 Å². The summed E-state index contributed by atoms with van der Waals surface area (Å²) in [6, 6.07) is 14.9. The Kier molecular flexibility index (Phi) is 3.39. The van der Waals surface area contributed by atoms with Crippen molar-refractivity contribution in [2.75, 3.05) is 0 Å². The summed E-state index contributed by atoms with van der Waals surface area (Å²) < 4.78 is 3.32. The van der Waals surface area contributed by atoms with E-state index >= 15 is 0 Å². The zero-order valence-electron chi connectivity index (χ0n) is 12.5. The maximum absolute atomic E-state index is 4.38. The number of hydrogen-bond acceptors (Lipinski definition) is 3. The van der Waals surface area contributed by atoms with Crippen LogP contribution in [0.25, 0.3) is 10.2 Å². The molecule has 0 bridgehead atoms. The average Bonchev–Trinajstić information content (AvgIpc) is 3.12. The Morgan fingerprint density at radius 3 is 2.86 bits per heavy atom. The molecule has 1 heterocycles. The van der Waals surface area contributed by atoms with Gasteiger partial charge in [0, 0.05) is 7.05 Å². The SMILES string of the molecule is Cn1/c(=N/N=Cc2ccc3c(c2)CCC3)sc2ccccc21. The molecule has 0 saturated carbocycles. The minimum atomic E-state index is 0.915. The Bertz CT molecular complexity index is 931. The number of benzene rings is 2. The molecule has 1 aromatic heterocycles. The normalized spacial score (nSPS) is 15.0. The van der Waals surface area contributed by atoms with Crippen LogP contribution in [0.15, 0.2) is 52.7 Å². The van der Waals surface area contributed by atoms with Crippen molar-refractivity contribution in [3.05, 3.63) is 64.0 Å². The van der Waals surface area contributed by atoms with Crippen LogP contribution >= 0.6 is 11.3 Å². The van der Waals surface area contributed by atoms with E-state index in [4.69, 9.17) is 0 Å². The first-order valence-corrected chi connectivity index (χ1v) is 8.36. The molecule has 0 atom stereocenters. The summed E-state index contributed by atoms with van der Waals surface area (Å²) in [6.45, 7) is 0. The van der Waals surface area contributed by atoms with Crippen molar-refractivity contribution in [3.8, 4) is 0 Å². The molecule has 0 fully saturated rings. The minimum Gasteiger partial charge on any atom is -0.318 e. The van der Waals surface area contributed by atoms with Gasteiger partial charge >= 0.3 is 0 Å². The molecule has 110 valence electrons. The topological polar surface area (TPSA) is 29.6 Å². The highest BCUT2D eigenvalue weighted by atomic mass is 32.1. The van der Waals surface area contributed by atoms with Gasteiger partial charge in [-0.2, -0.15) is 5.10 Å². The summed E-state index contributed by atoms with van der Waals surface area (Å²) in [4.78, 5) is 0.915. The number of rotatable bonds is 2. The smallest absolute Gasteiger partial charge is 0.211 e. The van der Waals surface area contributed by atoms with E-state index < -0.39 is 0 Å². The Hall–Kier alpha value is -2.20. The number of nitrogens with zero attached hydrogens (tertiary/aromatic N) is 3. The standard InChI is InChI=1S/C18H17N3S/c1-21-16-7-2-3-8-17(16)22-18(21)20-19-12-13-9-10-14-5-4-6-15(14)11-13/h2-3,7-12H,4-6H2,1H3/b19-12?,20-18-. The summed E-state index contributed by atoms with van der Waals surface area (Å²) in [5.74, 6) is 0. The highest BCUT2D eigenvalue weighted by Gasteiger charge is 2.09. The Labute approximate surface area is 133 Å². The molecule has 0 saturated heterocycles. The minimum absolute atomic E-state index is 0.915. The van der Waals surface area contributed by atoms with Crippen LogP contribution in [0.4, 0.5) is 0 Å². The molecule has 0 unspecified atom stereocenters. The van der Waals surface area contributed by atoms with E-state index in [1.165, 1.54) is 40.6 Å². The van der Waals surface area contributed by atoms with Crippen molar-refractivity contribution in [3.63, 3.8) is 0 Å². The predicted molar refractivity (Wildman–Crippen MR) is 92.4 cm³/mol. The van der Waals surface area contributed by atoms with Crippen molar-refractivity contribution in [1.29, 1.82) is 0 Å². The second-order valence-corrected chi connectivity index (χ2v) is 6.65. The van der Waals surface area contributed by atoms with Gasteiger partial charge in [0.2, 0.25) is 4.80 Å². The van der Waals surface area contributed by atoms with Gasteiger partial charge in [0.15, 0.2) is 0 Å². The molecule has 0 amide bonds. The second kappa shape index (κ2) is 5.54. The molecular weight excluding hydrogens is 290 g/mol. The van der Waals surface area contributed by atoms with Crippen LogP contribution in [0.2, 0.25) is 0 Å². The Balaban J connectivity index is 1.66. The number of thiazole rings is 1. The molecular formula is C18H17N3S. The van der Waals surface area contributed by atoms with Crippen LogP contribution in [0.5, 0.6) is 0 Å². The summed E-state index contributed by atoms with van der Waals surface area (Å²) in [5.41, 5.74) is 5.29. The molecule has 4 heteroatoms. The van der Waals surface area contributed by atoms with Gasteiger partial charge in [-0.05, 0) is 54.2 Å². The first kappa shape index (κ1) is 13.5. The van der Waals surface area contributed by atoms with E-state index in [9.17, 15) is 0 Å². The molecule has 0 aliphatic heterocycles. The van der Waals surface area contributed by atoms with Gasteiger partial charge in [0.05, 0.1) is 16.4 Å². The molecule has 1 aliphatic rings. The highest BCUT2D eigenvalue weighted by Crippen LogP contribution is 2.22. The van der Waals surface area contributed by atoms with Gasteiger partial charge in [-0.25, -0.2) is 0 Å². The lowest BCUT2D eigenvalue weighted by Crippen LogP contribution is -2.08. The fraction of sp³-hybridized carbons (Fsp3) is 0.222. The number of fused-ring (bicyclic) bond motifs is 2. The van der Waals surface area contributed by atoms with Crippen molar-refractivity contribution in [1.82, 2.24) is 4.57 Å². The van der Waals surface area contributed by atoms with E-state index in [2.05, 4.69) is 51.2 Å². The van der Waals surface area contributed by atoms with E-state index in [-0.39, 0.29) is 0 Å². The van der Waals surface area contributed by atoms with Gasteiger partial charge in [-0.3, -0.25) is 0 Å². The van der Waals surface area contributed by atoms with Gasteiger partial charge in [0.1, 0.15) is 0 Å². The largest absolute Gasteiger partial charge is 0.318 e. The van der Waals surface area contributed by atoms with Crippen molar-refractivity contribution in [2.45, 2.75) is 19.3 Å². The average molecular weight is 307 g/mol. The molecule has 22 heavy (non-hydrogen) atoms. The lowest BCUT2D eigenvalue weighted by molar-refractivity contribution is 0.889. The van der Waals surface area contributed by atoms with E-state index in [1.54, 1.807) is 11.3 Å². The van der Waals surface area contributed by atoms with E-state index in [1.807, 2.05) is 19.3 Å². The van der Waals surface area contributed by atoms with E-state index in [0.29, 0.717) is 0 Å². The lowest BCUT2D eigenvalue weighted by Gasteiger charge is -1.99. The van der Waals surface area contributed by atoms with E-state index in [0.717, 1.165) is 10.4 Å².